The van der Waals surface area contributed by atoms with Crippen molar-refractivity contribution in [3.05, 3.63) is 48.2 Å². The second-order valence-corrected chi connectivity index (χ2v) is 5.11. The van der Waals surface area contributed by atoms with Gasteiger partial charge in [0.1, 0.15) is 12.4 Å². The number of carbonyl (C=O) groups is 1. The molecule has 2 N–H and O–H groups in total. The van der Waals surface area contributed by atoms with Crippen LogP contribution in [0.4, 0.5) is 17.2 Å². The SMILES string of the molecule is CNC(C)c1ccc(N2CC(=O)Nc3ccccc32)nc1. The third-order valence-corrected chi connectivity index (χ3v) is 3.75. The summed E-state index contributed by atoms with van der Waals surface area (Å²) in [6.45, 7) is 2.37. The van der Waals surface area contributed by atoms with Crippen molar-refractivity contribution in [2.45, 2.75) is 13.0 Å². The molecule has 1 aliphatic heterocycles. The summed E-state index contributed by atoms with van der Waals surface area (Å²) in [5, 5.41) is 6.07. The third kappa shape index (κ3) is 2.60. The number of benzene rings is 1. The summed E-state index contributed by atoms with van der Waals surface area (Å²) in [5.74, 6) is 0.757. The highest BCUT2D eigenvalue weighted by atomic mass is 16.2. The molecule has 0 saturated heterocycles. The molecule has 1 aliphatic rings. The van der Waals surface area contributed by atoms with Crippen molar-refractivity contribution in [2.24, 2.45) is 0 Å². The first-order valence-electron chi connectivity index (χ1n) is 6.98. The van der Waals surface area contributed by atoms with E-state index in [2.05, 4.69) is 22.5 Å². The van der Waals surface area contributed by atoms with Crippen molar-refractivity contribution < 1.29 is 4.79 Å². The number of nitrogens with one attached hydrogen (secondary N) is 2. The molecule has 5 nitrogen and oxygen atoms in total. The molecule has 1 unspecified atom stereocenters. The summed E-state index contributed by atoms with van der Waals surface area (Å²) in [7, 11) is 1.92. The van der Waals surface area contributed by atoms with E-state index in [0.717, 1.165) is 22.8 Å². The van der Waals surface area contributed by atoms with Gasteiger partial charge < -0.3 is 15.5 Å². The zero-order chi connectivity index (χ0) is 14.8. The zero-order valence-corrected chi connectivity index (χ0v) is 12.1. The number of carbonyl (C=O) groups excluding carboxylic acids is 1. The van der Waals surface area contributed by atoms with Gasteiger partial charge in [0, 0.05) is 12.2 Å². The van der Waals surface area contributed by atoms with Gasteiger partial charge in [-0.05, 0) is 37.7 Å². The molecule has 0 spiro atoms. The molecule has 3 rings (SSSR count). The van der Waals surface area contributed by atoms with E-state index in [1.807, 2.05) is 54.5 Å². The molecule has 0 fully saturated rings. The number of anilines is 3. The van der Waals surface area contributed by atoms with Crippen molar-refractivity contribution in [2.75, 3.05) is 23.8 Å². The smallest absolute Gasteiger partial charge is 0.244 e. The third-order valence-electron chi connectivity index (χ3n) is 3.75. The summed E-state index contributed by atoms with van der Waals surface area (Å²) in [4.78, 5) is 18.3. The van der Waals surface area contributed by atoms with E-state index in [1.165, 1.54) is 0 Å². The standard InChI is InChI=1S/C16H18N4O/c1-11(17-2)12-7-8-15(18-9-12)20-10-16(21)19-13-5-3-4-6-14(13)20/h3-9,11,17H,10H2,1-2H3,(H,19,21). The normalized spacial score (nSPS) is 15.3. The van der Waals surface area contributed by atoms with Crippen LogP contribution < -0.4 is 15.5 Å². The number of rotatable bonds is 3. The monoisotopic (exact) mass is 282 g/mol. The van der Waals surface area contributed by atoms with E-state index in [-0.39, 0.29) is 18.5 Å². The Labute approximate surface area is 124 Å². The molecular formula is C16H18N4O. The summed E-state index contributed by atoms with van der Waals surface area (Å²) < 4.78 is 0. The number of pyridine rings is 1. The lowest BCUT2D eigenvalue weighted by Gasteiger charge is -2.30. The molecule has 0 radical (unpaired) electrons. The van der Waals surface area contributed by atoms with E-state index >= 15 is 0 Å². The lowest BCUT2D eigenvalue weighted by molar-refractivity contribution is -0.115. The Morgan fingerprint density at radius 1 is 1.29 bits per heavy atom. The summed E-state index contributed by atoms with van der Waals surface area (Å²) in [6.07, 6.45) is 1.85. The van der Waals surface area contributed by atoms with Crippen molar-refractivity contribution in [1.82, 2.24) is 10.3 Å². The van der Waals surface area contributed by atoms with Crippen LogP contribution in [-0.4, -0.2) is 24.5 Å². The van der Waals surface area contributed by atoms with E-state index in [0.29, 0.717) is 0 Å². The van der Waals surface area contributed by atoms with Gasteiger partial charge in [0.05, 0.1) is 11.4 Å². The average Bonchev–Trinajstić information content (AvgIpc) is 2.53. The van der Waals surface area contributed by atoms with Crippen LogP contribution >= 0.6 is 0 Å². The molecule has 1 aromatic heterocycles. The molecule has 108 valence electrons. The predicted octanol–water partition coefficient (Wildman–Crippen LogP) is 2.45. The molecule has 5 heteroatoms. The van der Waals surface area contributed by atoms with Crippen LogP contribution in [-0.2, 0) is 4.79 Å². The van der Waals surface area contributed by atoms with E-state index in [4.69, 9.17) is 0 Å². The minimum atomic E-state index is -0.0248. The fraction of sp³-hybridized carbons (Fsp3) is 0.250. The largest absolute Gasteiger partial charge is 0.323 e. The number of para-hydroxylation sites is 2. The fourth-order valence-electron chi connectivity index (χ4n) is 2.42. The first kappa shape index (κ1) is 13.6. The molecule has 0 saturated carbocycles. The molecule has 1 amide bonds. The second-order valence-electron chi connectivity index (χ2n) is 5.11. The van der Waals surface area contributed by atoms with Crippen LogP contribution in [0.25, 0.3) is 0 Å². The number of amides is 1. The molecule has 0 bridgehead atoms. The Hall–Kier alpha value is -2.40. The van der Waals surface area contributed by atoms with Gasteiger partial charge in [-0.2, -0.15) is 0 Å². The molecule has 2 heterocycles. The minimum absolute atomic E-state index is 0.0248. The molecule has 1 atom stereocenters. The van der Waals surface area contributed by atoms with E-state index in [9.17, 15) is 4.79 Å². The van der Waals surface area contributed by atoms with Gasteiger partial charge >= 0.3 is 0 Å². The Bertz CT molecular complexity index is 654. The van der Waals surface area contributed by atoms with Gasteiger partial charge in [-0.15, -0.1) is 0 Å². The van der Waals surface area contributed by atoms with Crippen molar-refractivity contribution in [3.8, 4) is 0 Å². The number of hydrogen-bond donors (Lipinski definition) is 2. The molecular weight excluding hydrogens is 264 g/mol. The van der Waals surface area contributed by atoms with Crippen LogP contribution in [0.2, 0.25) is 0 Å². The molecule has 2 aromatic rings. The van der Waals surface area contributed by atoms with Crippen molar-refractivity contribution in [3.63, 3.8) is 0 Å². The van der Waals surface area contributed by atoms with Crippen LogP contribution in [0.15, 0.2) is 42.6 Å². The quantitative estimate of drug-likeness (QED) is 0.908. The Morgan fingerprint density at radius 2 is 2.10 bits per heavy atom. The molecule has 21 heavy (non-hydrogen) atoms. The topological polar surface area (TPSA) is 57.3 Å². The van der Waals surface area contributed by atoms with Crippen LogP contribution in [0.1, 0.15) is 18.5 Å². The second kappa shape index (κ2) is 5.54. The maximum atomic E-state index is 11.8. The minimum Gasteiger partial charge on any atom is -0.323 e. The average molecular weight is 282 g/mol. The lowest BCUT2D eigenvalue weighted by atomic mass is 10.1. The summed E-state index contributed by atoms with van der Waals surface area (Å²) in [6, 6.07) is 12.0. The van der Waals surface area contributed by atoms with Crippen LogP contribution in [0.5, 0.6) is 0 Å². The Morgan fingerprint density at radius 3 is 2.81 bits per heavy atom. The number of nitrogens with zero attached hydrogens (tertiary/aromatic N) is 2. The first-order valence-corrected chi connectivity index (χ1v) is 6.98. The van der Waals surface area contributed by atoms with Gasteiger partial charge in [-0.25, -0.2) is 4.98 Å². The van der Waals surface area contributed by atoms with Crippen LogP contribution in [0.3, 0.4) is 0 Å². The highest BCUT2D eigenvalue weighted by Crippen LogP contribution is 2.33. The maximum absolute atomic E-state index is 11.8. The number of aromatic nitrogens is 1. The fourth-order valence-corrected chi connectivity index (χ4v) is 2.42. The molecule has 0 aliphatic carbocycles. The zero-order valence-electron chi connectivity index (χ0n) is 12.1. The van der Waals surface area contributed by atoms with Gasteiger partial charge in [0.15, 0.2) is 0 Å². The van der Waals surface area contributed by atoms with Gasteiger partial charge in [0.2, 0.25) is 5.91 Å². The predicted molar refractivity (Wildman–Crippen MR) is 83.8 cm³/mol. The maximum Gasteiger partial charge on any atom is 0.244 e. The Balaban J connectivity index is 1.95. The molecule has 1 aromatic carbocycles. The lowest BCUT2D eigenvalue weighted by Crippen LogP contribution is -2.35. The summed E-state index contributed by atoms with van der Waals surface area (Å²) in [5.41, 5.74) is 2.92. The first-order chi connectivity index (χ1) is 10.2. The van der Waals surface area contributed by atoms with Crippen molar-refractivity contribution >= 4 is 23.1 Å². The highest BCUT2D eigenvalue weighted by Gasteiger charge is 2.23. The van der Waals surface area contributed by atoms with Gasteiger partial charge in [-0.1, -0.05) is 18.2 Å². The number of fused-ring (bicyclic) bond motifs is 1. The number of hydrogen-bond acceptors (Lipinski definition) is 4. The van der Waals surface area contributed by atoms with E-state index in [1.54, 1.807) is 0 Å². The van der Waals surface area contributed by atoms with Gasteiger partial charge in [0.25, 0.3) is 0 Å². The van der Waals surface area contributed by atoms with Crippen molar-refractivity contribution in [1.29, 1.82) is 0 Å². The van der Waals surface area contributed by atoms with E-state index < -0.39 is 0 Å². The Kier molecular flexibility index (Phi) is 3.58. The summed E-state index contributed by atoms with van der Waals surface area (Å²) >= 11 is 0. The van der Waals surface area contributed by atoms with Crippen LogP contribution in [0, 0.1) is 0 Å². The van der Waals surface area contributed by atoms with Gasteiger partial charge in [-0.3, -0.25) is 4.79 Å². The highest BCUT2D eigenvalue weighted by molar-refractivity contribution is 6.02.